The molecule has 2 amide bonds. The first kappa shape index (κ1) is 19.5. The first-order chi connectivity index (χ1) is 11.6. The zero-order valence-electron chi connectivity index (χ0n) is 15.2. The Morgan fingerprint density at radius 2 is 1.84 bits per heavy atom. The number of aromatic nitrogens is 2. The van der Waals surface area contributed by atoms with Crippen molar-refractivity contribution in [1.82, 2.24) is 9.97 Å². The van der Waals surface area contributed by atoms with Crippen LogP contribution in [0.4, 0.5) is 10.3 Å². The van der Waals surface area contributed by atoms with Crippen LogP contribution in [0.15, 0.2) is 11.6 Å². The van der Waals surface area contributed by atoms with Crippen molar-refractivity contribution in [3.8, 4) is 0 Å². The molecular formula is C17H24N4O2S2. The second-order valence-electron chi connectivity index (χ2n) is 7.38. The molecule has 0 unspecified atom stereocenters. The maximum Gasteiger partial charge on any atom is 0.232 e. The molecule has 0 radical (unpaired) electrons. The fourth-order valence-corrected chi connectivity index (χ4v) is 3.59. The molecule has 0 spiro atoms. The van der Waals surface area contributed by atoms with E-state index in [0.29, 0.717) is 28.3 Å². The van der Waals surface area contributed by atoms with E-state index < -0.39 is 0 Å². The van der Waals surface area contributed by atoms with Crippen LogP contribution in [0.5, 0.6) is 0 Å². The minimum Gasteiger partial charge on any atom is -0.302 e. The lowest BCUT2D eigenvalue weighted by molar-refractivity contribution is -0.118. The van der Waals surface area contributed by atoms with Gasteiger partial charge in [-0.05, 0) is 11.3 Å². The Labute approximate surface area is 156 Å². The summed E-state index contributed by atoms with van der Waals surface area (Å²) >= 11 is 2.80. The summed E-state index contributed by atoms with van der Waals surface area (Å²) in [5.41, 5.74) is 0.557. The summed E-state index contributed by atoms with van der Waals surface area (Å²) in [6, 6.07) is 0. The first-order valence-corrected chi connectivity index (χ1v) is 9.82. The summed E-state index contributed by atoms with van der Waals surface area (Å²) in [5, 5.41) is 8.48. The fourth-order valence-electron chi connectivity index (χ4n) is 2.03. The van der Waals surface area contributed by atoms with Crippen molar-refractivity contribution in [3.63, 3.8) is 0 Å². The number of rotatable bonds is 6. The Morgan fingerprint density at radius 1 is 1.16 bits per heavy atom. The molecule has 0 aliphatic heterocycles. The number of amides is 2. The second kappa shape index (κ2) is 8.05. The summed E-state index contributed by atoms with van der Waals surface area (Å²) in [6.45, 7) is 10.2. The number of hydrogen-bond acceptors (Lipinski definition) is 6. The predicted octanol–water partition coefficient (Wildman–Crippen LogP) is 4.28. The molecule has 0 bridgehead atoms. The van der Waals surface area contributed by atoms with Crippen LogP contribution in [0.25, 0.3) is 0 Å². The number of anilines is 2. The van der Waals surface area contributed by atoms with Crippen LogP contribution < -0.4 is 10.6 Å². The SMILES string of the molecule is CC(C)c1cnc(NC(=O)Cc2csc(NC(=O)CC(C)(C)C)n2)s1. The number of thiazole rings is 2. The number of nitrogens with zero attached hydrogens (tertiary/aromatic N) is 2. The standard InChI is InChI=1S/C17H24N4O2S2/c1-10(2)12-8-18-15(25-12)20-13(22)6-11-9-24-16(19-11)21-14(23)7-17(3,4)5/h8-10H,6-7H2,1-5H3,(H,18,20,22)(H,19,21,23). The van der Waals surface area contributed by atoms with E-state index in [1.165, 1.54) is 22.7 Å². The highest BCUT2D eigenvalue weighted by atomic mass is 32.1. The largest absolute Gasteiger partial charge is 0.302 e. The highest BCUT2D eigenvalue weighted by Crippen LogP contribution is 2.25. The van der Waals surface area contributed by atoms with E-state index in [2.05, 4.69) is 34.4 Å². The Balaban J connectivity index is 1.87. The number of carbonyl (C=O) groups excluding carboxylic acids is 2. The summed E-state index contributed by atoms with van der Waals surface area (Å²) in [5.74, 6) is 0.158. The van der Waals surface area contributed by atoms with Crippen molar-refractivity contribution in [2.75, 3.05) is 10.6 Å². The van der Waals surface area contributed by atoms with E-state index in [-0.39, 0.29) is 23.7 Å². The number of nitrogens with one attached hydrogen (secondary N) is 2. The Morgan fingerprint density at radius 3 is 2.44 bits per heavy atom. The molecule has 0 saturated carbocycles. The molecule has 2 aromatic rings. The van der Waals surface area contributed by atoms with Crippen LogP contribution in [-0.4, -0.2) is 21.8 Å². The third-order valence-electron chi connectivity index (χ3n) is 3.17. The van der Waals surface area contributed by atoms with Gasteiger partial charge in [0.1, 0.15) is 0 Å². The average Bonchev–Trinajstić information content (AvgIpc) is 3.06. The monoisotopic (exact) mass is 380 g/mol. The highest BCUT2D eigenvalue weighted by molar-refractivity contribution is 7.15. The zero-order chi connectivity index (χ0) is 18.6. The number of carbonyl (C=O) groups is 2. The zero-order valence-corrected chi connectivity index (χ0v) is 16.8. The van der Waals surface area contributed by atoms with Crippen molar-refractivity contribution in [3.05, 3.63) is 22.1 Å². The Kier molecular flexibility index (Phi) is 6.29. The molecule has 6 nitrogen and oxygen atoms in total. The van der Waals surface area contributed by atoms with Crippen LogP contribution in [0, 0.1) is 5.41 Å². The second-order valence-corrected chi connectivity index (χ2v) is 9.30. The topological polar surface area (TPSA) is 84.0 Å². The third kappa shape index (κ3) is 6.55. The van der Waals surface area contributed by atoms with Gasteiger partial charge in [0, 0.05) is 22.9 Å². The van der Waals surface area contributed by atoms with Crippen molar-refractivity contribution in [2.24, 2.45) is 5.41 Å². The van der Waals surface area contributed by atoms with Crippen LogP contribution in [0.3, 0.4) is 0 Å². The van der Waals surface area contributed by atoms with Gasteiger partial charge in [0.2, 0.25) is 11.8 Å². The van der Waals surface area contributed by atoms with Crippen molar-refractivity contribution < 1.29 is 9.59 Å². The molecule has 8 heteroatoms. The molecule has 0 aliphatic rings. The first-order valence-electron chi connectivity index (χ1n) is 8.12. The van der Waals surface area contributed by atoms with Gasteiger partial charge in [0.05, 0.1) is 12.1 Å². The van der Waals surface area contributed by atoms with Crippen LogP contribution in [-0.2, 0) is 16.0 Å². The molecule has 2 aromatic heterocycles. The molecule has 0 atom stereocenters. The van der Waals surface area contributed by atoms with Gasteiger partial charge < -0.3 is 10.6 Å². The molecule has 2 N–H and O–H groups in total. The Hall–Kier alpha value is -1.80. The molecule has 2 rings (SSSR count). The van der Waals surface area contributed by atoms with Crippen molar-refractivity contribution in [1.29, 1.82) is 0 Å². The molecule has 0 aromatic carbocycles. The summed E-state index contributed by atoms with van der Waals surface area (Å²) in [4.78, 5) is 33.7. The molecule has 2 heterocycles. The minimum absolute atomic E-state index is 0.0677. The Bertz CT molecular complexity index is 744. The highest BCUT2D eigenvalue weighted by Gasteiger charge is 2.17. The normalized spacial score (nSPS) is 11.6. The van der Waals surface area contributed by atoms with Crippen molar-refractivity contribution >= 4 is 44.8 Å². The van der Waals surface area contributed by atoms with Gasteiger partial charge in [-0.3, -0.25) is 9.59 Å². The fraction of sp³-hybridized carbons (Fsp3) is 0.529. The van der Waals surface area contributed by atoms with Crippen LogP contribution in [0.1, 0.15) is 57.5 Å². The number of hydrogen-bond donors (Lipinski definition) is 2. The van der Waals surface area contributed by atoms with E-state index in [4.69, 9.17) is 0 Å². The van der Waals surface area contributed by atoms with E-state index >= 15 is 0 Å². The van der Waals surface area contributed by atoms with Crippen molar-refractivity contribution in [2.45, 2.75) is 53.4 Å². The van der Waals surface area contributed by atoms with E-state index in [1.807, 2.05) is 20.8 Å². The van der Waals surface area contributed by atoms with Crippen LogP contribution >= 0.6 is 22.7 Å². The van der Waals surface area contributed by atoms with Gasteiger partial charge in [-0.15, -0.1) is 22.7 Å². The molecule has 0 saturated heterocycles. The van der Waals surface area contributed by atoms with Gasteiger partial charge in [-0.2, -0.15) is 0 Å². The van der Waals surface area contributed by atoms with Gasteiger partial charge in [0.15, 0.2) is 10.3 Å². The summed E-state index contributed by atoms with van der Waals surface area (Å²) in [6.07, 6.45) is 2.36. The van der Waals surface area contributed by atoms with Crippen LogP contribution in [0.2, 0.25) is 0 Å². The van der Waals surface area contributed by atoms with Gasteiger partial charge in [-0.25, -0.2) is 9.97 Å². The maximum atomic E-state index is 12.1. The molecule has 0 fully saturated rings. The van der Waals surface area contributed by atoms with Gasteiger partial charge >= 0.3 is 0 Å². The smallest absolute Gasteiger partial charge is 0.232 e. The third-order valence-corrected chi connectivity index (χ3v) is 5.19. The predicted molar refractivity (Wildman–Crippen MR) is 103 cm³/mol. The lowest BCUT2D eigenvalue weighted by Crippen LogP contribution is -2.19. The minimum atomic E-state index is -0.164. The quantitative estimate of drug-likeness (QED) is 0.783. The molecule has 136 valence electrons. The van der Waals surface area contributed by atoms with E-state index in [9.17, 15) is 9.59 Å². The van der Waals surface area contributed by atoms with E-state index in [1.54, 1.807) is 11.6 Å². The lowest BCUT2D eigenvalue weighted by Gasteiger charge is -2.16. The maximum absolute atomic E-state index is 12.1. The van der Waals surface area contributed by atoms with E-state index in [0.717, 1.165) is 4.88 Å². The summed E-state index contributed by atoms with van der Waals surface area (Å²) in [7, 11) is 0. The lowest BCUT2D eigenvalue weighted by atomic mass is 9.92. The molecular weight excluding hydrogens is 356 g/mol. The van der Waals surface area contributed by atoms with Gasteiger partial charge in [0.25, 0.3) is 0 Å². The molecule has 0 aliphatic carbocycles. The van der Waals surface area contributed by atoms with Gasteiger partial charge in [-0.1, -0.05) is 34.6 Å². The average molecular weight is 381 g/mol. The molecule has 25 heavy (non-hydrogen) atoms. The summed E-state index contributed by atoms with van der Waals surface area (Å²) < 4.78 is 0.